The van der Waals surface area contributed by atoms with E-state index >= 15 is 0 Å². The molecule has 0 radical (unpaired) electrons. The number of carbonyl (C=O) groups is 1. The Kier molecular flexibility index (Phi) is 4.00. The van der Waals surface area contributed by atoms with Gasteiger partial charge in [-0.2, -0.15) is 5.10 Å². The molecule has 24 heavy (non-hydrogen) atoms. The van der Waals surface area contributed by atoms with Gasteiger partial charge in [0.05, 0.1) is 35.3 Å². The lowest BCUT2D eigenvalue weighted by Gasteiger charge is -2.42. The van der Waals surface area contributed by atoms with Gasteiger partial charge >= 0.3 is 0 Å². The fourth-order valence-electron chi connectivity index (χ4n) is 3.78. The third-order valence-electron chi connectivity index (χ3n) is 5.10. The SMILES string of the molecule is COc1cc2nn(C3CCC4(CC3)COCC(=O)N4)cc2cc1Br. The molecule has 6 nitrogen and oxygen atoms in total. The van der Waals surface area contributed by atoms with Gasteiger partial charge in [0.1, 0.15) is 12.4 Å². The van der Waals surface area contributed by atoms with Crippen LogP contribution in [0.4, 0.5) is 0 Å². The van der Waals surface area contributed by atoms with E-state index < -0.39 is 0 Å². The zero-order valence-electron chi connectivity index (χ0n) is 13.5. The predicted molar refractivity (Wildman–Crippen MR) is 93.2 cm³/mol. The summed E-state index contributed by atoms with van der Waals surface area (Å²) in [5.74, 6) is 0.791. The van der Waals surface area contributed by atoms with Crippen LogP contribution in [0.5, 0.6) is 5.75 Å². The van der Waals surface area contributed by atoms with Crippen LogP contribution in [0.2, 0.25) is 0 Å². The maximum Gasteiger partial charge on any atom is 0.246 e. The highest BCUT2D eigenvalue weighted by molar-refractivity contribution is 9.10. The summed E-state index contributed by atoms with van der Waals surface area (Å²) in [6.07, 6.45) is 5.91. The number of benzene rings is 1. The molecule has 1 saturated heterocycles. The topological polar surface area (TPSA) is 65.4 Å². The number of morpholine rings is 1. The van der Waals surface area contributed by atoms with Crippen molar-refractivity contribution in [1.82, 2.24) is 15.1 Å². The van der Waals surface area contributed by atoms with Gasteiger partial charge in [0.15, 0.2) is 0 Å². The standard InChI is InChI=1S/C17H20BrN3O3/c1-23-15-7-14-11(6-13(15)18)8-21(20-14)12-2-4-17(5-3-12)10-24-9-16(22)19-17/h6-8,12H,2-5,9-10H2,1H3,(H,19,22). The van der Waals surface area contributed by atoms with Crippen LogP contribution in [-0.4, -0.2) is 41.6 Å². The third-order valence-corrected chi connectivity index (χ3v) is 5.72. The summed E-state index contributed by atoms with van der Waals surface area (Å²) in [7, 11) is 1.66. The van der Waals surface area contributed by atoms with Crippen molar-refractivity contribution in [2.75, 3.05) is 20.3 Å². The molecule has 7 heteroatoms. The maximum absolute atomic E-state index is 11.6. The number of fused-ring (bicyclic) bond motifs is 1. The van der Waals surface area contributed by atoms with Gasteiger partial charge in [-0.1, -0.05) is 0 Å². The molecule has 2 aliphatic rings. The molecule has 128 valence electrons. The van der Waals surface area contributed by atoms with Crippen LogP contribution in [0.3, 0.4) is 0 Å². The predicted octanol–water partition coefficient (Wildman–Crippen LogP) is 2.81. The lowest BCUT2D eigenvalue weighted by molar-refractivity contribution is -0.137. The third kappa shape index (κ3) is 2.80. The number of hydrogen-bond donors (Lipinski definition) is 1. The van der Waals surface area contributed by atoms with Gasteiger partial charge in [0.25, 0.3) is 0 Å². The first-order chi connectivity index (χ1) is 11.6. The van der Waals surface area contributed by atoms with Crippen LogP contribution < -0.4 is 10.1 Å². The molecule has 0 atom stereocenters. The number of halogens is 1. The second-order valence-corrected chi connectivity index (χ2v) is 7.56. The second kappa shape index (κ2) is 6.04. The first-order valence-corrected chi connectivity index (χ1v) is 8.99. The number of nitrogens with one attached hydrogen (secondary N) is 1. The van der Waals surface area contributed by atoms with E-state index in [4.69, 9.17) is 14.6 Å². The molecule has 0 bridgehead atoms. The summed E-state index contributed by atoms with van der Waals surface area (Å²) < 4.78 is 13.8. The molecule has 1 aliphatic carbocycles. The molecule has 4 rings (SSSR count). The van der Waals surface area contributed by atoms with Crippen molar-refractivity contribution in [2.24, 2.45) is 0 Å². The summed E-state index contributed by atoms with van der Waals surface area (Å²) in [6, 6.07) is 4.35. The van der Waals surface area contributed by atoms with E-state index in [0.717, 1.165) is 46.8 Å². The van der Waals surface area contributed by atoms with Crippen LogP contribution in [0.15, 0.2) is 22.8 Å². The van der Waals surface area contributed by atoms with Gasteiger partial charge in [-0.25, -0.2) is 0 Å². The summed E-state index contributed by atoms with van der Waals surface area (Å²) in [5, 5.41) is 8.96. The van der Waals surface area contributed by atoms with Crippen molar-refractivity contribution in [1.29, 1.82) is 0 Å². The van der Waals surface area contributed by atoms with Crippen LogP contribution in [-0.2, 0) is 9.53 Å². The lowest BCUT2D eigenvalue weighted by Crippen LogP contribution is -2.58. The van der Waals surface area contributed by atoms with Crippen molar-refractivity contribution in [3.05, 3.63) is 22.8 Å². The van der Waals surface area contributed by atoms with Gasteiger partial charge in [0.2, 0.25) is 5.91 Å². The Hall–Kier alpha value is -1.60. The highest BCUT2D eigenvalue weighted by Gasteiger charge is 2.39. The zero-order valence-corrected chi connectivity index (χ0v) is 15.1. The summed E-state index contributed by atoms with van der Waals surface area (Å²) in [5.41, 5.74) is 0.759. The Morgan fingerprint density at radius 2 is 2.21 bits per heavy atom. The van der Waals surface area contributed by atoms with Crippen molar-refractivity contribution in [3.63, 3.8) is 0 Å². The largest absolute Gasteiger partial charge is 0.495 e. The second-order valence-electron chi connectivity index (χ2n) is 6.71. The minimum atomic E-state index is -0.176. The Morgan fingerprint density at radius 1 is 1.42 bits per heavy atom. The van der Waals surface area contributed by atoms with Crippen LogP contribution >= 0.6 is 15.9 Å². The average Bonchev–Trinajstić information content (AvgIpc) is 2.97. The molecule has 1 aliphatic heterocycles. The van der Waals surface area contributed by atoms with E-state index in [0.29, 0.717) is 12.6 Å². The van der Waals surface area contributed by atoms with Crippen LogP contribution in [0.1, 0.15) is 31.7 Å². The lowest BCUT2D eigenvalue weighted by atomic mass is 9.79. The number of hydrogen-bond acceptors (Lipinski definition) is 4. The molecule has 1 saturated carbocycles. The molecule has 1 amide bonds. The van der Waals surface area contributed by atoms with Gasteiger partial charge in [0, 0.05) is 17.6 Å². The first kappa shape index (κ1) is 15.9. The van der Waals surface area contributed by atoms with E-state index in [1.54, 1.807) is 7.11 Å². The van der Waals surface area contributed by atoms with Crippen molar-refractivity contribution < 1.29 is 14.3 Å². The Bertz CT molecular complexity index is 781. The van der Waals surface area contributed by atoms with E-state index in [2.05, 4.69) is 32.1 Å². The average molecular weight is 394 g/mol. The fraction of sp³-hybridized carbons (Fsp3) is 0.529. The smallest absolute Gasteiger partial charge is 0.246 e. The number of amides is 1. The normalized spacial score (nSPS) is 27.4. The Morgan fingerprint density at radius 3 is 2.92 bits per heavy atom. The van der Waals surface area contributed by atoms with Gasteiger partial charge in [-0.05, 0) is 47.7 Å². The van der Waals surface area contributed by atoms with Crippen LogP contribution in [0.25, 0.3) is 10.9 Å². The quantitative estimate of drug-likeness (QED) is 0.851. The summed E-state index contributed by atoms with van der Waals surface area (Å²) in [6.45, 7) is 0.809. The first-order valence-electron chi connectivity index (χ1n) is 8.20. The molecule has 2 heterocycles. The minimum absolute atomic E-state index is 0.00136. The maximum atomic E-state index is 11.6. The number of methoxy groups -OCH3 is 1. The molecule has 1 aromatic heterocycles. The van der Waals surface area contributed by atoms with E-state index in [1.165, 1.54) is 0 Å². The van der Waals surface area contributed by atoms with Crippen molar-refractivity contribution >= 4 is 32.7 Å². The van der Waals surface area contributed by atoms with E-state index in [1.807, 2.05) is 12.1 Å². The van der Waals surface area contributed by atoms with E-state index in [-0.39, 0.29) is 18.1 Å². The zero-order chi connectivity index (χ0) is 16.7. The molecular formula is C17H20BrN3O3. The minimum Gasteiger partial charge on any atom is -0.495 e. The van der Waals surface area contributed by atoms with Crippen molar-refractivity contribution in [2.45, 2.75) is 37.3 Å². The van der Waals surface area contributed by atoms with Gasteiger partial charge in [-0.15, -0.1) is 0 Å². The number of aromatic nitrogens is 2. The molecule has 1 N–H and O–H groups in total. The summed E-state index contributed by atoms with van der Waals surface area (Å²) >= 11 is 3.52. The van der Waals surface area contributed by atoms with Gasteiger partial charge in [-0.3, -0.25) is 9.48 Å². The highest BCUT2D eigenvalue weighted by atomic mass is 79.9. The van der Waals surface area contributed by atoms with Gasteiger partial charge < -0.3 is 14.8 Å². The molecule has 0 unspecified atom stereocenters. The Balaban J connectivity index is 1.53. The summed E-state index contributed by atoms with van der Waals surface area (Å²) in [4.78, 5) is 11.6. The van der Waals surface area contributed by atoms with Crippen molar-refractivity contribution in [3.8, 4) is 5.75 Å². The molecule has 1 aromatic carbocycles. The van der Waals surface area contributed by atoms with Crippen LogP contribution in [0, 0.1) is 0 Å². The molecule has 2 fully saturated rings. The number of carbonyl (C=O) groups excluding carboxylic acids is 1. The monoisotopic (exact) mass is 393 g/mol. The molecule has 2 aromatic rings. The number of rotatable bonds is 2. The fourth-order valence-corrected chi connectivity index (χ4v) is 4.31. The highest BCUT2D eigenvalue weighted by Crippen LogP contribution is 2.37. The van der Waals surface area contributed by atoms with E-state index in [9.17, 15) is 4.79 Å². The number of ether oxygens (including phenoxy) is 2. The Labute approximate surface area is 148 Å². The molecular weight excluding hydrogens is 374 g/mol. The number of nitrogens with zero attached hydrogens (tertiary/aromatic N) is 2. The molecule has 1 spiro atoms.